The van der Waals surface area contributed by atoms with E-state index in [1.807, 2.05) is 0 Å². The first-order chi connectivity index (χ1) is 10.0. The molecule has 2 aliphatic heterocycles. The number of fused-ring (bicyclic) bond motifs is 2. The zero-order valence-electron chi connectivity index (χ0n) is 11.2. The Bertz CT molecular complexity index is 701. The molecule has 2 fully saturated rings. The second-order valence-corrected chi connectivity index (χ2v) is 7.39. The molecule has 2 atom stereocenters. The summed E-state index contributed by atoms with van der Waals surface area (Å²) in [4.78, 5) is 17.9. The number of ether oxygens (including phenoxy) is 1. The summed E-state index contributed by atoms with van der Waals surface area (Å²) in [6, 6.07) is 2.61. The van der Waals surface area contributed by atoms with Gasteiger partial charge in [-0.2, -0.15) is 0 Å². The third-order valence-corrected chi connectivity index (χ3v) is 5.60. The third kappa shape index (κ3) is 2.18. The van der Waals surface area contributed by atoms with Crippen molar-refractivity contribution < 1.29 is 17.9 Å². The number of nitrogens with zero attached hydrogens (tertiary/aromatic N) is 2. The van der Waals surface area contributed by atoms with E-state index in [1.165, 1.54) is 12.3 Å². The molecule has 0 radical (unpaired) electrons. The summed E-state index contributed by atoms with van der Waals surface area (Å²) in [6.45, 7) is 0.756. The van der Waals surface area contributed by atoms with E-state index >= 15 is 0 Å². The smallest absolute Gasteiger partial charge is 0.246 e. The van der Waals surface area contributed by atoms with E-state index in [4.69, 9.17) is 4.74 Å². The maximum absolute atomic E-state index is 12.3. The predicted molar refractivity (Wildman–Crippen MR) is 72.1 cm³/mol. The van der Waals surface area contributed by atoms with Crippen LogP contribution in [0.3, 0.4) is 0 Å². The van der Waals surface area contributed by atoms with Crippen LogP contribution in [-0.4, -0.2) is 49.4 Å². The Morgan fingerprint density at radius 2 is 2.19 bits per heavy atom. The topological polar surface area (TPSA) is 88.6 Å². The van der Waals surface area contributed by atoms with Crippen LogP contribution < -0.4 is 9.46 Å². The van der Waals surface area contributed by atoms with E-state index in [9.17, 15) is 13.2 Å². The fourth-order valence-corrected chi connectivity index (χ4v) is 4.19. The van der Waals surface area contributed by atoms with Gasteiger partial charge in [-0.3, -0.25) is 4.79 Å². The van der Waals surface area contributed by atoms with E-state index in [2.05, 4.69) is 9.71 Å². The zero-order valence-corrected chi connectivity index (χ0v) is 12.0. The molecular formula is C13H15N3O4S. The van der Waals surface area contributed by atoms with Gasteiger partial charge in [0.15, 0.2) is 0 Å². The molecule has 112 valence electrons. The Morgan fingerprint density at radius 1 is 1.38 bits per heavy atom. The molecule has 1 N–H and O–H groups in total. The molecule has 0 unspecified atom stereocenters. The van der Waals surface area contributed by atoms with Crippen LogP contribution in [0.4, 0.5) is 0 Å². The van der Waals surface area contributed by atoms with Gasteiger partial charge in [-0.05, 0) is 25.0 Å². The Kier molecular flexibility index (Phi) is 2.74. The average molecular weight is 309 g/mol. The van der Waals surface area contributed by atoms with Crippen molar-refractivity contribution in [3.8, 4) is 5.88 Å². The van der Waals surface area contributed by atoms with Crippen LogP contribution >= 0.6 is 0 Å². The number of rotatable bonds is 1. The molecule has 1 saturated heterocycles. The van der Waals surface area contributed by atoms with Gasteiger partial charge in [0.1, 0.15) is 11.0 Å². The van der Waals surface area contributed by atoms with Gasteiger partial charge < -0.3 is 9.64 Å². The highest BCUT2D eigenvalue weighted by atomic mass is 32.2. The summed E-state index contributed by atoms with van der Waals surface area (Å²) < 4.78 is 33.0. The minimum absolute atomic E-state index is 0.0551. The predicted octanol–water partition coefficient (Wildman–Crippen LogP) is -0.258. The Morgan fingerprint density at radius 3 is 2.95 bits per heavy atom. The highest BCUT2D eigenvalue weighted by Crippen LogP contribution is 2.34. The number of carbonyl (C=O) groups excluding carboxylic acids is 1. The average Bonchev–Trinajstić information content (AvgIpc) is 3.23. The number of amides is 1. The lowest BCUT2D eigenvalue weighted by Gasteiger charge is -2.16. The SMILES string of the molecule is O=C(C1CC1)N1C[C@@H]2Oc3ncccc3S(=O)(=O)N[C@@H]2C1. The van der Waals surface area contributed by atoms with Crippen LogP contribution in [0, 0.1) is 5.92 Å². The van der Waals surface area contributed by atoms with Gasteiger partial charge >= 0.3 is 0 Å². The number of aromatic nitrogens is 1. The summed E-state index contributed by atoms with van der Waals surface area (Å²) in [6.07, 6.45) is 2.97. The number of pyridine rings is 1. The monoisotopic (exact) mass is 309 g/mol. The Balaban J connectivity index is 1.64. The molecule has 4 rings (SSSR count). The van der Waals surface area contributed by atoms with Crippen molar-refractivity contribution in [3.63, 3.8) is 0 Å². The van der Waals surface area contributed by atoms with Crippen molar-refractivity contribution in [2.75, 3.05) is 13.1 Å². The molecule has 0 spiro atoms. The van der Waals surface area contributed by atoms with Crippen LogP contribution in [0.15, 0.2) is 23.2 Å². The minimum Gasteiger partial charge on any atom is -0.470 e. The van der Waals surface area contributed by atoms with Crippen molar-refractivity contribution in [2.45, 2.75) is 29.9 Å². The van der Waals surface area contributed by atoms with Gasteiger partial charge in [-0.15, -0.1) is 0 Å². The fourth-order valence-electron chi connectivity index (χ4n) is 2.85. The summed E-state index contributed by atoms with van der Waals surface area (Å²) in [5.41, 5.74) is 0. The van der Waals surface area contributed by atoms with E-state index in [0.29, 0.717) is 13.1 Å². The zero-order chi connectivity index (χ0) is 14.6. The van der Waals surface area contributed by atoms with E-state index < -0.39 is 22.2 Å². The maximum atomic E-state index is 12.3. The third-order valence-electron chi connectivity index (χ3n) is 4.10. The van der Waals surface area contributed by atoms with Crippen molar-refractivity contribution >= 4 is 15.9 Å². The lowest BCUT2D eigenvalue weighted by molar-refractivity contribution is -0.131. The molecule has 0 bridgehead atoms. The first-order valence-corrected chi connectivity index (χ1v) is 8.46. The molecule has 8 heteroatoms. The van der Waals surface area contributed by atoms with Crippen molar-refractivity contribution in [3.05, 3.63) is 18.3 Å². The normalized spacial score (nSPS) is 30.0. The number of hydrogen-bond donors (Lipinski definition) is 1. The molecule has 1 aliphatic carbocycles. The van der Waals surface area contributed by atoms with Crippen molar-refractivity contribution in [1.82, 2.24) is 14.6 Å². The molecule has 1 aromatic rings. The standard InChI is InChI=1S/C13H15N3O4S/c17-13(8-3-4-8)16-6-9-10(7-16)20-12-11(2-1-5-14-12)21(18,19)15-9/h1-2,5,8-10,15H,3-4,6-7H2/t9-,10+/m1/s1. The molecule has 21 heavy (non-hydrogen) atoms. The fraction of sp³-hybridized carbons (Fsp3) is 0.538. The van der Waals surface area contributed by atoms with Gasteiger partial charge in [0.25, 0.3) is 0 Å². The minimum atomic E-state index is -3.66. The highest BCUT2D eigenvalue weighted by molar-refractivity contribution is 7.89. The Labute approximate surface area is 122 Å². The molecule has 1 saturated carbocycles. The largest absolute Gasteiger partial charge is 0.470 e. The number of nitrogens with one attached hydrogen (secondary N) is 1. The van der Waals surface area contributed by atoms with Gasteiger partial charge in [0.05, 0.1) is 12.6 Å². The summed E-state index contributed by atoms with van der Waals surface area (Å²) in [5, 5.41) is 0. The Hall–Kier alpha value is -1.67. The number of carbonyl (C=O) groups is 1. The molecule has 1 aromatic heterocycles. The van der Waals surface area contributed by atoms with Crippen molar-refractivity contribution in [1.29, 1.82) is 0 Å². The van der Waals surface area contributed by atoms with Crippen LogP contribution in [0.1, 0.15) is 12.8 Å². The molecule has 0 aromatic carbocycles. The van der Waals surface area contributed by atoms with Gasteiger partial charge in [-0.25, -0.2) is 18.1 Å². The van der Waals surface area contributed by atoms with Crippen LogP contribution in [0.5, 0.6) is 5.88 Å². The summed E-state index contributed by atoms with van der Waals surface area (Å²) >= 11 is 0. The molecule has 1 amide bonds. The van der Waals surface area contributed by atoms with E-state index in [0.717, 1.165) is 12.8 Å². The number of hydrogen-bond acceptors (Lipinski definition) is 5. The summed E-state index contributed by atoms with van der Waals surface area (Å²) in [7, 11) is -3.66. The molecule has 7 nitrogen and oxygen atoms in total. The second-order valence-electron chi connectivity index (χ2n) is 5.71. The van der Waals surface area contributed by atoms with Gasteiger partial charge in [0.2, 0.25) is 21.8 Å². The lowest BCUT2D eigenvalue weighted by atomic mass is 10.2. The van der Waals surface area contributed by atoms with Gasteiger partial charge in [-0.1, -0.05) is 0 Å². The second kappa shape index (κ2) is 4.41. The molecule has 3 aliphatic rings. The summed E-state index contributed by atoms with van der Waals surface area (Å²) in [5.74, 6) is 0.333. The van der Waals surface area contributed by atoms with Crippen LogP contribution in [0.25, 0.3) is 0 Å². The maximum Gasteiger partial charge on any atom is 0.246 e. The number of sulfonamides is 1. The first kappa shape index (κ1) is 13.0. The molecule has 3 heterocycles. The van der Waals surface area contributed by atoms with Crippen LogP contribution in [0.2, 0.25) is 0 Å². The lowest BCUT2D eigenvalue weighted by Crippen LogP contribution is -2.42. The van der Waals surface area contributed by atoms with Crippen LogP contribution in [-0.2, 0) is 14.8 Å². The highest BCUT2D eigenvalue weighted by Gasteiger charge is 2.45. The van der Waals surface area contributed by atoms with E-state index in [1.54, 1.807) is 11.0 Å². The van der Waals surface area contributed by atoms with Gasteiger partial charge in [0, 0.05) is 18.7 Å². The van der Waals surface area contributed by atoms with E-state index in [-0.39, 0.29) is 22.6 Å². The van der Waals surface area contributed by atoms with Crippen molar-refractivity contribution in [2.24, 2.45) is 5.92 Å². The number of likely N-dealkylation sites (tertiary alicyclic amines) is 1. The quantitative estimate of drug-likeness (QED) is 0.772. The molecular weight excluding hydrogens is 294 g/mol. The first-order valence-electron chi connectivity index (χ1n) is 6.97.